The highest BCUT2D eigenvalue weighted by Gasteiger charge is 2.22. The molecule has 1 N–H and O–H groups in total. The average Bonchev–Trinajstić information content (AvgIpc) is 1.88. The Balaban J connectivity index is 4.25. The van der Waals surface area contributed by atoms with Gasteiger partial charge in [0.25, 0.3) is 0 Å². The van der Waals surface area contributed by atoms with Crippen molar-refractivity contribution in [1.82, 2.24) is 0 Å². The first-order valence-corrected chi connectivity index (χ1v) is 3.44. The second-order valence-corrected chi connectivity index (χ2v) is 2.46. The van der Waals surface area contributed by atoms with Crippen molar-refractivity contribution in [2.24, 2.45) is 11.8 Å². The number of carboxylic acids is 2. The van der Waals surface area contributed by atoms with E-state index in [0.717, 1.165) is 0 Å². The third-order valence-corrected chi connectivity index (χ3v) is 1.73. The molecule has 0 aliphatic rings. The van der Waals surface area contributed by atoms with Crippen LogP contribution in [0.4, 0.5) is 0 Å². The van der Waals surface area contributed by atoms with Crippen LogP contribution in [0.5, 0.6) is 0 Å². The van der Waals surface area contributed by atoms with Gasteiger partial charge in [0.05, 0.1) is 5.92 Å². The zero-order valence-corrected chi connectivity index (χ0v) is 6.53. The number of carbonyl (C=O) groups excluding carboxylic acids is 1. The van der Waals surface area contributed by atoms with E-state index in [1.54, 1.807) is 6.92 Å². The number of carboxylic acid groups (broad SMARTS) is 2. The van der Waals surface area contributed by atoms with Crippen molar-refractivity contribution in [3.8, 4) is 0 Å². The van der Waals surface area contributed by atoms with Crippen LogP contribution in [-0.2, 0) is 9.59 Å². The predicted molar refractivity (Wildman–Crippen MR) is 35.6 cm³/mol. The number of hydrogen-bond acceptors (Lipinski definition) is 3. The summed E-state index contributed by atoms with van der Waals surface area (Å²) in [6, 6.07) is 0. The Morgan fingerprint density at radius 1 is 1.55 bits per heavy atom. The number of aliphatic carboxylic acids is 2. The quantitative estimate of drug-likeness (QED) is 0.598. The molecule has 0 saturated heterocycles. The Bertz CT molecular complexity index is 164. The van der Waals surface area contributed by atoms with E-state index >= 15 is 0 Å². The largest absolute Gasteiger partial charge is 0.550 e. The first-order chi connectivity index (χ1) is 5.00. The maximum absolute atomic E-state index is 10.4. The van der Waals surface area contributed by atoms with Crippen LogP contribution >= 0.6 is 0 Å². The zero-order chi connectivity index (χ0) is 9.02. The molecule has 0 heterocycles. The van der Waals surface area contributed by atoms with Crippen LogP contribution in [0.1, 0.15) is 20.3 Å². The lowest BCUT2D eigenvalue weighted by Crippen LogP contribution is -2.36. The fourth-order valence-corrected chi connectivity index (χ4v) is 0.906. The molecule has 0 aromatic rings. The minimum absolute atomic E-state index is 0.310. The van der Waals surface area contributed by atoms with Crippen LogP contribution in [-0.4, -0.2) is 17.0 Å². The molecule has 2 atom stereocenters. The molecule has 0 aliphatic heterocycles. The molecule has 0 fully saturated rings. The van der Waals surface area contributed by atoms with Gasteiger partial charge in [-0.25, -0.2) is 0 Å². The summed E-state index contributed by atoms with van der Waals surface area (Å²) in [4.78, 5) is 20.6. The van der Waals surface area contributed by atoms with E-state index in [0.29, 0.717) is 6.42 Å². The van der Waals surface area contributed by atoms with Gasteiger partial charge in [-0.1, -0.05) is 13.8 Å². The van der Waals surface area contributed by atoms with Gasteiger partial charge in [0, 0.05) is 11.9 Å². The fraction of sp³-hybridized carbons (Fsp3) is 0.714. The molecular formula is C7H11O4-. The molecule has 4 heteroatoms. The van der Waals surface area contributed by atoms with Gasteiger partial charge in [0.2, 0.25) is 0 Å². The van der Waals surface area contributed by atoms with Crippen molar-refractivity contribution in [3.63, 3.8) is 0 Å². The van der Waals surface area contributed by atoms with Gasteiger partial charge in [-0.2, -0.15) is 0 Å². The Morgan fingerprint density at radius 3 is 2.09 bits per heavy atom. The topological polar surface area (TPSA) is 77.4 Å². The van der Waals surface area contributed by atoms with Crippen LogP contribution in [0.2, 0.25) is 0 Å². The van der Waals surface area contributed by atoms with Crippen molar-refractivity contribution in [3.05, 3.63) is 0 Å². The van der Waals surface area contributed by atoms with E-state index in [2.05, 4.69) is 0 Å². The van der Waals surface area contributed by atoms with Gasteiger partial charge >= 0.3 is 5.97 Å². The summed E-state index contributed by atoms with van der Waals surface area (Å²) >= 11 is 0. The highest BCUT2D eigenvalue weighted by molar-refractivity contribution is 5.78. The van der Waals surface area contributed by atoms with Crippen LogP contribution < -0.4 is 5.11 Å². The van der Waals surface area contributed by atoms with Crippen LogP contribution in [0.3, 0.4) is 0 Å². The number of carbonyl (C=O) groups is 2. The third kappa shape index (κ3) is 2.57. The van der Waals surface area contributed by atoms with Gasteiger partial charge < -0.3 is 15.0 Å². The van der Waals surface area contributed by atoms with Crippen molar-refractivity contribution >= 4 is 11.9 Å². The maximum Gasteiger partial charge on any atom is 0.307 e. The SMILES string of the molecule is CCC(C(=O)O)C(C)C(=O)[O-]. The summed E-state index contributed by atoms with van der Waals surface area (Å²) in [5.74, 6) is -4.14. The summed E-state index contributed by atoms with van der Waals surface area (Å²) in [7, 11) is 0. The molecule has 0 aromatic heterocycles. The Hall–Kier alpha value is -1.06. The Kier molecular flexibility index (Phi) is 3.57. The maximum atomic E-state index is 10.4. The number of rotatable bonds is 4. The van der Waals surface area contributed by atoms with Crippen LogP contribution in [0.15, 0.2) is 0 Å². The lowest BCUT2D eigenvalue weighted by atomic mass is 9.92. The van der Waals surface area contributed by atoms with E-state index in [1.165, 1.54) is 6.92 Å². The molecular weight excluding hydrogens is 148 g/mol. The first-order valence-electron chi connectivity index (χ1n) is 3.44. The smallest absolute Gasteiger partial charge is 0.307 e. The van der Waals surface area contributed by atoms with E-state index in [-0.39, 0.29) is 0 Å². The molecule has 64 valence electrons. The first kappa shape index (κ1) is 9.94. The molecule has 0 aliphatic carbocycles. The van der Waals surface area contributed by atoms with Gasteiger partial charge in [-0.05, 0) is 6.42 Å². The fourth-order valence-electron chi connectivity index (χ4n) is 0.906. The van der Waals surface area contributed by atoms with Gasteiger partial charge in [-0.3, -0.25) is 4.79 Å². The molecule has 4 nitrogen and oxygen atoms in total. The summed E-state index contributed by atoms with van der Waals surface area (Å²) < 4.78 is 0. The Morgan fingerprint density at radius 2 is 2.00 bits per heavy atom. The van der Waals surface area contributed by atoms with Crippen molar-refractivity contribution in [1.29, 1.82) is 0 Å². The Labute approximate surface area is 64.8 Å². The summed E-state index contributed by atoms with van der Waals surface area (Å²) in [5.41, 5.74) is 0. The summed E-state index contributed by atoms with van der Waals surface area (Å²) in [5, 5.41) is 18.7. The monoisotopic (exact) mass is 159 g/mol. The lowest BCUT2D eigenvalue weighted by molar-refractivity contribution is -0.312. The molecule has 0 saturated carbocycles. The lowest BCUT2D eigenvalue weighted by Gasteiger charge is -2.18. The average molecular weight is 159 g/mol. The molecule has 0 aromatic carbocycles. The predicted octanol–water partition coefficient (Wildman–Crippen LogP) is -0.517. The summed E-state index contributed by atoms with van der Waals surface area (Å²) in [6.07, 6.45) is 0.310. The standard InChI is InChI=1S/C7H12O4/c1-3-5(7(10)11)4(2)6(8)9/h4-5H,3H2,1-2H3,(H,8,9)(H,10,11)/p-1. The minimum Gasteiger partial charge on any atom is -0.550 e. The molecule has 0 bridgehead atoms. The van der Waals surface area contributed by atoms with Gasteiger partial charge in [-0.15, -0.1) is 0 Å². The highest BCUT2D eigenvalue weighted by atomic mass is 16.4. The van der Waals surface area contributed by atoms with Crippen LogP contribution in [0, 0.1) is 11.8 Å². The summed E-state index contributed by atoms with van der Waals surface area (Å²) in [6.45, 7) is 2.98. The van der Waals surface area contributed by atoms with Gasteiger partial charge in [0.1, 0.15) is 0 Å². The van der Waals surface area contributed by atoms with Crippen LogP contribution in [0.25, 0.3) is 0 Å². The molecule has 11 heavy (non-hydrogen) atoms. The van der Waals surface area contributed by atoms with Crippen molar-refractivity contribution < 1.29 is 19.8 Å². The van der Waals surface area contributed by atoms with E-state index in [9.17, 15) is 14.7 Å². The molecule has 2 unspecified atom stereocenters. The number of hydrogen-bond donors (Lipinski definition) is 1. The second-order valence-electron chi connectivity index (χ2n) is 2.46. The van der Waals surface area contributed by atoms with E-state index < -0.39 is 23.8 Å². The van der Waals surface area contributed by atoms with Crippen molar-refractivity contribution in [2.45, 2.75) is 20.3 Å². The minimum atomic E-state index is -1.31. The van der Waals surface area contributed by atoms with E-state index in [1.807, 2.05) is 0 Å². The molecule has 0 radical (unpaired) electrons. The molecule has 0 rings (SSSR count). The van der Waals surface area contributed by atoms with Crippen molar-refractivity contribution in [2.75, 3.05) is 0 Å². The molecule has 0 spiro atoms. The van der Waals surface area contributed by atoms with Gasteiger partial charge in [0.15, 0.2) is 0 Å². The second kappa shape index (κ2) is 3.95. The molecule has 0 amide bonds. The zero-order valence-electron chi connectivity index (χ0n) is 6.53. The van der Waals surface area contributed by atoms with E-state index in [4.69, 9.17) is 5.11 Å². The highest BCUT2D eigenvalue weighted by Crippen LogP contribution is 2.14. The third-order valence-electron chi connectivity index (χ3n) is 1.73. The normalized spacial score (nSPS) is 15.5.